The van der Waals surface area contributed by atoms with Crippen molar-refractivity contribution < 1.29 is 0 Å². The molecule has 0 radical (unpaired) electrons. The summed E-state index contributed by atoms with van der Waals surface area (Å²) in [7, 11) is 0. The Hall–Kier alpha value is -0.810. The van der Waals surface area contributed by atoms with Crippen LogP contribution in [0.1, 0.15) is 39.2 Å². The van der Waals surface area contributed by atoms with Crippen molar-refractivity contribution in [2.24, 2.45) is 0 Å². The molecule has 1 rings (SSSR count). The summed E-state index contributed by atoms with van der Waals surface area (Å²) in [6.45, 7) is 11.2. The number of aromatic nitrogens is 2. The van der Waals surface area contributed by atoms with Gasteiger partial charge < -0.3 is 10.3 Å². The van der Waals surface area contributed by atoms with Crippen molar-refractivity contribution in [2.75, 3.05) is 12.3 Å². The zero-order chi connectivity index (χ0) is 13.8. The highest BCUT2D eigenvalue weighted by Crippen LogP contribution is 2.15. The van der Waals surface area contributed by atoms with Gasteiger partial charge >= 0.3 is 0 Å². The first kappa shape index (κ1) is 15.2. The van der Waals surface area contributed by atoms with Gasteiger partial charge in [0.15, 0.2) is 0 Å². The highest BCUT2D eigenvalue weighted by molar-refractivity contribution is 7.99. The molecule has 1 aromatic heterocycles. The van der Waals surface area contributed by atoms with Crippen LogP contribution in [-0.4, -0.2) is 27.5 Å². The van der Waals surface area contributed by atoms with Crippen molar-refractivity contribution in [3.05, 3.63) is 27.9 Å². The van der Waals surface area contributed by atoms with Gasteiger partial charge in [0.25, 0.3) is 5.56 Å². The minimum Gasteiger partial charge on any atom is -0.309 e. The summed E-state index contributed by atoms with van der Waals surface area (Å²) in [6, 6.07) is 1.51. The van der Waals surface area contributed by atoms with Crippen LogP contribution in [0.2, 0.25) is 0 Å². The lowest BCUT2D eigenvalue weighted by molar-refractivity contribution is 0.390. The van der Waals surface area contributed by atoms with Crippen LogP contribution in [0.25, 0.3) is 0 Å². The van der Waals surface area contributed by atoms with Gasteiger partial charge in [0, 0.05) is 24.1 Å². The third-order valence-corrected chi connectivity index (χ3v) is 3.69. The molecule has 18 heavy (non-hydrogen) atoms. The molecule has 4 nitrogen and oxygen atoms in total. The second-order valence-corrected chi connectivity index (χ2v) is 6.89. The molecule has 0 saturated carbocycles. The maximum absolute atomic E-state index is 11.4. The van der Waals surface area contributed by atoms with E-state index in [1.165, 1.54) is 6.07 Å². The molecule has 0 aliphatic carbocycles. The molecule has 0 aliphatic heterocycles. The van der Waals surface area contributed by atoms with Gasteiger partial charge in [0.05, 0.1) is 5.54 Å². The van der Waals surface area contributed by atoms with E-state index >= 15 is 0 Å². The van der Waals surface area contributed by atoms with Gasteiger partial charge in [-0.3, -0.25) is 4.79 Å². The minimum atomic E-state index is -0.317. The quantitative estimate of drug-likeness (QED) is 0.776. The summed E-state index contributed by atoms with van der Waals surface area (Å²) in [5.41, 5.74) is 0.340. The van der Waals surface area contributed by atoms with Crippen LogP contribution < -0.4 is 10.9 Å². The van der Waals surface area contributed by atoms with Gasteiger partial charge in [-0.05, 0) is 26.0 Å². The van der Waals surface area contributed by atoms with E-state index in [1.807, 2.05) is 32.5 Å². The van der Waals surface area contributed by atoms with E-state index in [2.05, 4.69) is 29.1 Å². The molecule has 0 aromatic carbocycles. The number of H-pyrrole nitrogens is 1. The molecular formula is C13H23N3OS. The summed E-state index contributed by atoms with van der Waals surface area (Å²) >= 11 is 1.92. The molecule has 2 N–H and O–H groups in total. The molecule has 0 fully saturated rings. The maximum atomic E-state index is 11.4. The lowest BCUT2D eigenvalue weighted by Gasteiger charge is -2.25. The maximum Gasteiger partial charge on any atom is 0.251 e. The summed E-state index contributed by atoms with van der Waals surface area (Å²) < 4.78 is 0. The normalized spacial score (nSPS) is 12.1. The largest absolute Gasteiger partial charge is 0.309 e. The van der Waals surface area contributed by atoms with Crippen molar-refractivity contribution in [1.29, 1.82) is 0 Å². The van der Waals surface area contributed by atoms with E-state index < -0.39 is 0 Å². The molecule has 0 unspecified atom stereocenters. The monoisotopic (exact) mass is 269 g/mol. The number of rotatable bonds is 6. The number of hydrogen-bond donors (Lipinski definition) is 2. The fraction of sp³-hybridized carbons (Fsp3) is 0.692. The predicted octanol–water partition coefficient (Wildman–Crippen LogP) is 2.04. The molecule has 0 saturated heterocycles. The Labute approximate surface area is 113 Å². The van der Waals surface area contributed by atoms with Crippen LogP contribution in [-0.2, 0) is 5.54 Å². The molecule has 5 heteroatoms. The van der Waals surface area contributed by atoms with Crippen molar-refractivity contribution in [3.63, 3.8) is 0 Å². The highest BCUT2D eigenvalue weighted by atomic mass is 32.2. The number of aromatic amines is 1. The molecule has 0 amide bonds. The van der Waals surface area contributed by atoms with Gasteiger partial charge in [-0.2, -0.15) is 11.8 Å². The van der Waals surface area contributed by atoms with Crippen molar-refractivity contribution in [3.8, 4) is 0 Å². The molecule has 0 atom stereocenters. The Morgan fingerprint density at radius 2 is 2.17 bits per heavy atom. The lowest BCUT2D eigenvalue weighted by atomic mass is 10.0. The first-order valence-corrected chi connectivity index (χ1v) is 7.31. The van der Waals surface area contributed by atoms with Crippen molar-refractivity contribution in [1.82, 2.24) is 15.3 Å². The standard InChI is InChI=1S/C13H23N3OS/c1-9(2)18-7-6-14-13(4,5)12-15-10(3)8-11(17)16-12/h8-9,14H,6-7H2,1-5H3,(H,15,16,17). The Balaban J connectivity index is 2.64. The smallest absolute Gasteiger partial charge is 0.251 e. The molecular weight excluding hydrogens is 246 g/mol. The summed E-state index contributed by atoms with van der Waals surface area (Å²) in [5, 5.41) is 4.08. The zero-order valence-corrected chi connectivity index (χ0v) is 12.6. The van der Waals surface area contributed by atoms with E-state index in [0.29, 0.717) is 11.1 Å². The van der Waals surface area contributed by atoms with Crippen LogP contribution in [0.15, 0.2) is 10.9 Å². The molecule has 0 spiro atoms. The number of hydrogen-bond acceptors (Lipinski definition) is 4. The van der Waals surface area contributed by atoms with Crippen LogP contribution in [0, 0.1) is 6.92 Å². The van der Waals surface area contributed by atoms with E-state index in [9.17, 15) is 4.79 Å². The van der Waals surface area contributed by atoms with Crippen molar-refractivity contribution in [2.45, 2.75) is 45.4 Å². The summed E-state index contributed by atoms with van der Waals surface area (Å²) in [6.07, 6.45) is 0. The minimum absolute atomic E-state index is 0.0936. The van der Waals surface area contributed by atoms with Crippen LogP contribution >= 0.6 is 11.8 Å². The average Bonchev–Trinajstić information content (AvgIpc) is 2.23. The van der Waals surface area contributed by atoms with E-state index in [4.69, 9.17) is 0 Å². The molecule has 0 bridgehead atoms. The van der Waals surface area contributed by atoms with Gasteiger partial charge in [0.1, 0.15) is 5.82 Å². The molecule has 0 aliphatic rings. The first-order chi connectivity index (χ1) is 8.31. The van der Waals surface area contributed by atoms with E-state index in [1.54, 1.807) is 0 Å². The number of aryl methyl sites for hydroxylation is 1. The van der Waals surface area contributed by atoms with Gasteiger partial charge in [-0.15, -0.1) is 0 Å². The second-order valence-electron chi connectivity index (χ2n) is 5.21. The third-order valence-electron chi connectivity index (χ3n) is 2.58. The van der Waals surface area contributed by atoms with E-state index in [0.717, 1.165) is 18.0 Å². The summed E-state index contributed by atoms with van der Waals surface area (Å²) in [5.74, 6) is 1.75. The van der Waals surface area contributed by atoms with Gasteiger partial charge in [0.2, 0.25) is 0 Å². The van der Waals surface area contributed by atoms with Gasteiger partial charge in [-0.1, -0.05) is 13.8 Å². The van der Waals surface area contributed by atoms with Gasteiger partial charge in [-0.25, -0.2) is 4.98 Å². The molecule has 1 aromatic rings. The van der Waals surface area contributed by atoms with Crippen LogP contribution in [0.3, 0.4) is 0 Å². The number of nitrogens with zero attached hydrogens (tertiary/aromatic N) is 1. The SMILES string of the molecule is Cc1cc(=O)[nH]c(C(C)(C)NCCSC(C)C)n1. The Morgan fingerprint density at radius 1 is 1.50 bits per heavy atom. The van der Waals surface area contributed by atoms with Crippen LogP contribution in [0.4, 0.5) is 0 Å². The number of nitrogens with one attached hydrogen (secondary N) is 2. The van der Waals surface area contributed by atoms with Crippen molar-refractivity contribution >= 4 is 11.8 Å². The second kappa shape index (κ2) is 6.38. The number of thioether (sulfide) groups is 1. The average molecular weight is 269 g/mol. The highest BCUT2D eigenvalue weighted by Gasteiger charge is 2.22. The molecule has 1 heterocycles. The fourth-order valence-corrected chi connectivity index (χ4v) is 2.31. The first-order valence-electron chi connectivity index (χ1n) is 6.26. The summed E-state index contributed by atoms with van der Waals surface area (Å²) in [4.78, 5) is 18.6. The van der Waals surface area contributed by atoms with Crippen LogP contribution in [0.5, 0.6) is 0 Å². The predicted molar refractivity (Wildman–Crippen MR) is 78.2 cm³/mol. The Kier molecular flexibility index (Phi) is 5.41. The Bertz CT molecular complexity index is 440. The zero-order valence-electron chi connectivity index (χ0n) is 11.8. The Morgan fingerprint density at radius 3 is 2.72 bits per heavy atom. The third kappa shape index (κ3) is 4.82. The van der Waals surface area contributed by atoms with E-state index in [-0.39, 0.29) is 11.1 Å². The topological polar surface area (TPSA) is 57.8 Å². The molecule has 102 valence electrons. The fourth-order valence-electron chi connectivity index (χ4n) is 1.62. The lowest BCUT2D eigenvalue weighted by Crippen LogP contribution is -2.40.